The molecule has 1 fully saturated rings. The summed E-state index contributed by atoms with van der Waals surface area (Å²) in [5.74, 6) is 0.620. The number of benzene rings is 1. The van der Waals surface area contributed by atoms with E-state index in [9.17, 15) is 4.79 Å². The van der Waals surface area contributed by atoms with Gasteiger partial charge in [0.15, 0.2) is 0 Å². The van der Waals surface area contributed by atoms with Crippen molar-refractivity contribution in [2.75, 3.05) is 38.5 Å². The van der Waals surface area contributed by atoms with Crippen molar-refractivity contribution in [2.45, 2.75) is 18.4 Å². The van der Waals surface area contributed by atoms with Gasteiger partial charge < -0.3 is 4.90 Å². The highest BCUT2D eigenvalue weighted by molar-refractivity contribution is 8.00. The molecule has 1 aromatic carbocycles. The first-order chi connectivity index (χ1) is 14.7. The van der Waals surface area contributed by atoms with Crippen molar-refractivity contribution >= 4 is 45.3 Å². The SMILES string of the molecule is CCc1cc2c(SCC(=O)N3CCN(C/C=C/c4ccccc4)CC3)ncnc2s1. The topological polar surface area (TPSA) is 49.3 Å². The largest absolute Gasteiger partial charge is 0.339 e. The van der Waals surface area contributed by atoms with E-state index in [-0.39, 0.29) is 5.91 Å². The lowest BCUT2D eigenvalue weighted by Gasteiger charge is -2.34. The third-order valence-corrected chi connectivity index (χ3v) is 7.40. The Morgan fingerprint density at radius 3 is 2.73 bits per heavy atom. The Balaban J connectivity index is 1.25. The molecule has 1 aliphatic heterocycles. The molecule has 30 heavy (non-hydrogen) atoms. The maximum Gasteiger partial charge on any atom is 0.233 e. The van der Waals surface area contributed by atoms with Crippen LogP contribution in [0.5, 0.6) is 0 Å². The fourth-order valence-corrected chi connectivity index (χ4v) is 5.35. The molecular weight excluding hydrogens is 412 g/mol. The normalized spacial score (nSPS) is 15.3. The lowest BCUT2D eigenvalue weighted by Crippen LogP contribution is -2.49. The number of hydrogen-bond donors (Lipinski definition) is 0. The number of carbonyl (C=O) groups is 1. The lowest BCUT2D eigenvalue weighted by atomic mass is 10.2. The van der Waals surface area contributed by atoms with Crippen LogP contribution in [0.3, 0.4) is 0 Å². The maximum absolute atomic E-state index is 12.7. The van der Waals surface area contributed by atoms with E-state index in [4.69, 9.17) is 0 Å². The van der Waals surface area contributed by atoms with Gasteiger partial charge in [-0.2, -0.15) is 0 Å². The highest BCUT2D eigenvalue weighted by Crippen LogP contribution is 2.31. The van der Waals surface area contributed by atoms with Crippen molar-refractivity contribution in [3.63, 3.8) is 0 Å². The Bertz CT molecular complexity index is 1010. The van der Waals surface area contributed by atoms with Gasteiger partial charge in [-0.1, -0.05) is 61.2 Å². The molecule has 7 heteroatoms. The number of thiophene rings is 1. The van der Waals surface area contributed by atoms with Gasteiger partial charge in [0.05, 0.1) is 5.75 Å². The lowest BCUT2D eigenvalue weighted by molar-refractivity contribution is -0.129. The third-order valence-electron chi connectivity index (χ3n) is 5.22. The maximum atomic E-state index is 12.7. The summed E-state index contributed by atoms with van der Waals surface area (Å²) in [5.41, 5.74) is 1.22. The number of amides is 1. The molecule has 3 heterocycles. The van der Waals surface area contributed by atoms with Gasteiger partial charge >= 0.3 is 0 Å². The van der Waals surface area contributed by atoms with Crippen molar-refractivity contribution in [3.8, 4) is 0 Å². The predicted molar refractivity (Wildman–Crippen MR) is 126 cm³/mol. The van der Waals surface area contributed by atoms with Gasteiger partial charge in [0, 0.05) is 43.0 Å². The van der Waals surface area contributed by atoms with Gasteiger partial charge in [0.1, 0.15) is 16.2 Å². The summed E-state index contributed by atoms with van der Waals surface area (Å²) >= 11 is 3.24. The molecule has 0 spiro atoms. The Morgan fingerprint density at radius 1 is 1.17 bits per heavy atom. The molecule has 0 radical (unpaired) electrons. The number of fused-ring (bicyclic) bond motifs is 1. The van der Waals surface area contributed by atoms with Crippen molar-refractivity contribution in [1.82, 2.24) is 19.8 Å². The minimum Gasteiger partial charge on any atom is -0.339 e. The van der Waals surface area contributed by atoms with Crippen molar-refractivity contribution in [2.24, 2.45) is 0 Å². The number of rotatable bonds is 7. The highest BCUT2D eigenvalue weighted by atomic mass is 32.2. The Kier molecular flexibility index (Phi) is 7.15. The molecule has 3 aromatic rings. The van der Waals surface area contributed by atoms with E-state index >= 15 is 0 Å². The van der Waals surface area contributed by atoms with E-state index in [1.54, 1.807) is 17.7 Å². The Morgan fingerprint density at radius 2 is 1.97 bits per heavy atom. The van der Waals surface area contributed by atoms with Gasteiger partial charge in [0.2, 0.25) is 5.91 Å². The van der Waals surface area contributed by atoms with E-state index in [1.807, 2.05) is 11.0 Å². The molecule has 5 nitrogen and oxygen atoms in total. The summed E-state index contributed by atoms with van der Waals surface area (Å²) in [4.78, 5) is 28.2. The van der Waals surface area contributed by atoms with Crippen LogP contribution in [0.15, 0.2) is 53.8 Å². The molecule has 4 rings (SSSR count). The number of thioether (sulfide) groups is 1. The van der Waals surface area contributed by atoms with E-state index < -0.39 is 0 Å². The van der Waals surface area contributed by atoms with Gasteiger partial charge in [0.25, 0.3) is 0 Å². The zero-order valence-corrected chi connectivity index (χ0v) is 18.8. The second-order valence-corrected chi connectivity index (χ2v) is 9.33. The number of carbonyl (C=O) groups excluding carboxylic acids is 1. The third kappa shape index (κ3) is 5.28. The van der Waals surface area contributed by atoms with E-state index in [0.717, 1.165) is 54.4 Å². The van der Waals surface area contributed by atoms with Crippen LogP contribution in [-0.4, -0.2) is 64.2 Å². The molecule has 1 saturated heterocycles. The zero-order chi connectivity index (χ0) is 20.8. The first-order valence-corrected chi connectivity index (χ1v) is 12.1. The molecule has 1 aliphatic rings. The molecule has 0 unspecified atom stereocenters. The van der Waals surface area contributed by atoms with Crippen LogP contribution in [0.4, 0.5) is 0 Å². The summed E-state index contributed by atoms with van der Waals surface area (Å²) in [6.07, 6.45) is 6.96. The van der Waals surface area contributed by atoms with Crippen molar-refractivity contribution < 1.29 is 4.79 Å². The smallest absolute Gasteiger partial charge is 0.233 e. The molecule has 0 aliphatic carbocycles. The van der Waals surface area contributed by atoms with Gasteiger partial charge in [-0.3, -0.25) is 9.69 Å². The monoisotopic (exact) mass is 438 g/mol. The number of aryl methyl sites for hydroxylation is 1. The zero-order valence-electron chi connectivity index (χ0n) is 17.2. The molecule has 0 atom stereocenters. The molecule has 156 valence electrons. The Labute approximate surface area is 185 Å². The van der Waals surface area contributed by atoms with Crippen LogP contribution in [0.25, 0.3) is 16.3 Å². The van der Waals surface area contributed by atoms with Crippen LogP contribution in [0.1, 0.15) is 17.4 Å². The quantitative estimate of drug-likeness (QED) is 0.409. The first kappa shape index (κ1) is 21.0. The van der Waals surface area contributed by atoms with E-state index in [2.05, 4.69) is 64.3 Å². The second kappa shape index (κ2) is 10.2. The molecule has 0 bridgehead atoms. The van der Waals surface area contributed by atoms with Crippen LogP contribution in [0.2, 0.25) is 0 Å². The van der Waals surface area contributed by atoms with Crippen LogP contribution >= 0.6 is 23.1 Å². The summed E-state index contributed by atoms with van der Waals surface area (Å²) in [5, 5.41) is 1.99. The first-order valence-electron chi connectivity index (χ1n) is 10.3. The minimum atomic E-state index is 0.192. The Hall–Kier alpha value is -2.22. The molecular formula is C23H26N4OS2. The fraction of sp³-hybridized carbons (Fsp3) is 0.348. The van der Waals surface area contributed by atoms with E-state index in [0.29, 0.717) is 5.75 Å². The summed E-state index contributed by atoms with van der Waals surface area (Å²) in [6.45, 7) is 6.47. The minimum absolute atomic E-state index is 0.192. The number of piperazine rings is 1. The highest BCUT2D eigenvalue weighted by Gasteiger charge is 2.21. The number of aromatic nitrogens is 2. The predicted octanol–water partition coefficient (Wildman–Crippen LogP) is 4.20. The molecule has 2 aromatic heterocycles. The molecule has 0 saturated carbocycles. The number of hydrogen-bond acceptors (Lipinski definition) is 6. The van der Waals surface area contributed by atoms with Gasteiger partial charge in [-0.15, -0.1) is 11.3 Å². The average Bonchev–Trinajstić information content (AvgIpc) is 3.23. The molecule has 0 N–H and O–H groups in total. The summed E-state index contributed by atoms with van der Waals surface area (Å²) in [7, 11) is 0. The van der Waals surface area contributed by atoms with E-state index in [1.165, 1.54) is 22.2 Å². The van der Waals surface area contributed by atoms with Crippen molar-refractivity contribution in [1.29, 1.82) is 0 Å². The summed E-state index contributed by atoms with van der Waals surface area (Å²) in [6, 6.07) is 12.5. The van der Waals surface area contributed by atoms with Crippen LogP contribution in [-0.2, 0) is 11.2 Å². The second-order valence-electron chi connectivity index (χ2n) is 7.25. The fourth-order valence-electron chi connectivity index (χ4n) is 3.48. The van der Waals surface area contributed by atoms with Crippen molar-refractivity contribution in [3.05, 3.63) is 59.2 Å². The van der Waals surface area contributed by atoms with Crippen LogP contribution in [0, 0.1) is 0 Å². The molecule has 1 amide bonds. The van der Waals surface area contributed by atoms with Gasteiger partial charge in [-0.05, 0) is 18.1 Å². The summed E-state index contributed by atoms with van der Waals surface area (Å²) < 4.78 is 0. The van der Waals surface area contributed by atoms with Crippen LogP contribution < -0.4 is 0 Å². The van der Waals surface area contributed by atoms with Gasteiger partial charge in [-0.25, -0.2) is 9.97 Å². The standard InChI is InChI=1S/C23H26N4OS2/c1-2-19-15-20-22(24-17-25-23(20)30-19)29-16-21(28)27-13-11-26(12-14-27)10-6-9-18-7-4-3-5-8-18/h3-9,15,17H,2,10-14,16H2,1H3/b9-6+. The number of nitrogens with zero attached hydrogens (tertiary/aromatic N) is 4. The average molecular weight is 439 g/mol.